The van der Waals surface area contributed by atoms with Gasteiger partial charge in [-0.25, -0.2) is 0 Å². The molecule has 0 fully saturated rings. The molecule has 1 atom stereocenters. The fraction of sp³-hybridized carbons (Fsp3) is 0.294. The Hall–Kier alpha value is -1.81. The number of ether oxygens (including phenoxy) is 1. The molecule has 1 aliphatic carbocycles. The number of esters is 1. The minimum Gasteiger partial charge on any atom is -0.461 e. The highest BCUT2D eigenvalue weighted by Gasteiger charge is 2.43. The number of rotatable bonds is 5. The highest BCUT2D eigenvalue weighted by molar-refractivity contribution is 8.03. The first kappa shape index (κ1) is 15.6. The summed E-state index contributed by atoms with van der Waals surface area (Å²) in [5.74, 6) is -0.645. The monoisotopic (exact) mass is 302 g/mol. The van der Waals surface area contributed by atoms with Crippen LogP contribution in [-0.2, 0) is 14.3 Å². The van der Waals surface area contributed by atoms with Crippen LogP contribution in [0.2, 0.25) is 0 Å². The average molecular weight is 302 g/mol. The Bertz CT molecular complexity index is 577. The maximum absolute atomic E-state index is 12.3. The minimum absolute atomic E-state index is 0.136. The Morgan fingerprint density at radius 1 is 1.43 bits per heavy atom. The molecular formula is C17H18O3S. The lowest BCUT2D eigenvalue weighted by Gasteiger charge is -2.28. The van der Waals surface area contributed by atoms with Gasteiger partial charge in [0.1, 0.15) is 12.0 Å². The molecule has 21 heavy (non-hydrogen) atoms. The Kier molecular flexibility index (Phi) is 5.02. The van der Waals surface area contributed by atoms with Crippen LogP contribution < -0.4 is 0 Å². The molecule has 1 aromatic carbocycles. The van der Waals surface area contributed by atoms with Crippen LogP contribution in [0.25, 0.3) is 0 Å². The number of carbonyl (C=O) groups excluding carboxylic acids is 2. The van der Waals surface area contributed by atoms with Gasteiger partial charge in [-0.2, -0.15) is 0 Å². The standard InChI is InChI=1S/C17H18O3S/c1-3-11-20-16(19)17(2)10-9-14(12-15(17)18)21-13-7-5-4-6-8-13/h3-8,12H,1,9-11H2,2H3. The van der Waals surface area contributed by atoms with Gasteiger partial charge >= 0.3 is 5.97 Å². The highest BCUT2D eigenvalue weighted by Crippen LogP contribution is 2.39. The highest BCUT2D eigenvalue weighted by atomic mass is 32.2. The van der Waals surface area contributed by atoms with Crippen molar-refractivity contribution in [2.75, 3.05) is 6.61 Å². The summed E-state index contributed by atoms with van der Waals surface area (Å²) >= 11 is 1.57. The Balaban J connectivity index is 2.08. The molecule has 0 N–H and O–H groups in total. The van der Waals surface area contributed by atoms with Crippen LogP contribution in [0.3, 0.4) is 0 Å². The lowest BCUT2D eigenvalue weighted by Crippen LogP contribution is -2.39. The van der Waals surface area contributed by atoms with Crippen LogP contribution in [0.15, 0.2) is 58.9 Å². The van der Waals surface area contributed by atoms with Gasteiger partial charge in [-0.05, 0) is 42.9 Å². The van der Waals surface area contributed by atoms with Crippen LogP contribution in [0.5, 0.6) is 0 Å². The first-order valence-electron chi connectivity index (χ1n) is 6.82. The summed E-state index contributed by atoms with van der Waals surface area (Å²) in [6.45, 7) is 5.29. The lowest BCUT2D eigenvalue weighted by molar-refractivity contribution is -0.157. The molecule has 0 bridgehead atoms. The molecule has 3 nitrogen and oxygen atoms in total. The maximum atomic E-state index is 12.3. The molecule has 0 saturated carbocycles. The second-order valence-electron chi connectivity index (χ2n) is 5.11. The van der Waals surface area contributed by atoms with Crippen LogP contribution in [0.1, 0.15) is 19.8 Å². The van der Waals surface area contributed by atoms with Crippen LogP contribution in [0, 0.1) is 5.41 Å². The average Bonchev–Trinajstić information content (AvgIpc) is 2.49. The summed E-state index contributed by atoms with van der Waals surface area (Å²) in [5, 5.41) is 0. The van der Waals surface area contributed by atoms with Gasteiger partial charge in [-0.1, -0.05) is 42.6 Å². The van der Waals surface area contributed by atoms with Gasteiger partial charge in [0.2, 0.25) is 0 Å². The molecule has 2 rings (SSSR count). The molecule has 4 heteroatoms. The fourth-order valence-electron chi connectivity index (χ4n) is 2.09. The number of allylic oxidation sites excluding steroid dienone is 2. The van der Waals surface area contributed by atoms with E-state index in [2.05, 4.69) is 6.58 Å². The second-order valence-corrected chi connectivity index (χ2v) is 6.31. The molecule has 0 saturated heterocycles. The van der Waals surface area contributed by atoms with E-state index in [4.69, 9.17) is 4.74 Å². The topological polar surface area (TPSA) is 43.4 Å². The number of benzene rings is 1. The predicted octanol–water partition coefficient (Wildman–Crippen LogP) is 3.76. The van der Waals surface area contributed by atoms with E-state index >= 15 is 0 Å². The molecule has 0 heterocycles. The third-order valence-electron chi connectivity index (χ3n) is 3.48. The van der Waals surface area contributed by atoms with Crippen molar-refractivity contribution in [2.45, 2.75) is 24.7 Å². The number of thioether (sulfide) groups is 1. The lowest BCUT2D eigenvalue weighted by atomic mass is 9.78. The predicted molar refractivity (Wildman–Crippen MR) is 83.9 cm³/mol. The third kappa shape index (κ3) is 3.64. The van der Waals surface area contributed by atoms with Crippen molar-refractivity contribution in [3.05, 3.63) is 54.0 Å². The molecule has 0 spiro atoms. The first-order valence-corrected chi connectivity index (χ1v) is 7.64. The van der Waals surface area contributed by atoms with Gasteiger partial charge < -0.3 is 4.74 Å². The number of hydrogen-bond acceptors (Lipinski definition) is 4. The van der Waals surface area contributed by atoms with E-state index < -0.39 is 11.4 Å². The van der Waals surface area contributed by atoms with E-state index in [1.54, 1.807) is 24.8 Å². The summed E-state index contributed by atoms with van der Waals surface area (Å²) in [6, 6.07) is 9.88. The summed E-state index contributed by atoms with van der Waals surface area (Å²) in [7, 11) is 0. The Morgan fingerprint density at radius 2 is 2.14 bits per heavy atom. The number of ketones is 1. The van der Waals surface area contributed by atoms with E-state index in [0.717, 1.165) is 9.80 Å². The molecular weight excluding hydrogens is 284 g/mol. The minimum atomic E-state index is -1.07. The number of carbonyl (C=O) groups is 2. The van der Waals surface area contributed by atoms with Crippen LogP contribution in [0.4, 0.5) is 0 Å². The van der Waals surface area contributed by atoms with E-state index in [0.29, 0.717) is 12.8 Å². The van der Waals surface area contributed by atoms with Crippen molar-refractivity contribution in [3.8, 4) is 0 Å². The molecule has 0 aliphatic heterocycles. The van der Waals surface area contributed by atoms with E-state index in [-0.39, 0.29) is 12.4 Å². The zero-order valence-electron chi connectivity index (χ0n) is 12.0. The van der Waals surface area contributed by atoms with Crippen molar-refractivity contribution in [3.63, 3.8) is 0 Å². The SMILES string of the molecule is C=CCOC(=O)C1(C)CCC(Sc2ccccc2)=CC1=O. The molecule has 0 amide bonds. The number of hydrogen-bond donors (Lipinski definition) is 0. The first-order chi connectivity index (χ1) is 10.1. The zero-order chi connectivity index (χ0) is 15.3. The Labute approximate surface area is 129 Å². The molecule has 1 unspecified atom stereocenters. The van der Waals surface area contributed by atoms with Crippen molar-refractivity contribution in [1.29, 1.82) is 0 Å². The van der Waals surface area contributed by atoms with E-state index in [1.165, 1.54) is 6.08 Å². The van der Waals surface area contributed by atoms with Crippen molar-refractivity contribution >= 4 is 23.5 Å². The molecule has 0 radical (unpaired) electrons. The normalized spacial score (nSPS) is 21.6. The summed E-state index contributed by atoms with van der Waals surface area (Å²) in [6.07, 6.45) is 4.26. The van der Waals surface area contributed by atoms with Crippen LogP contribution in [-0.4, -0.2) is 18.4 Å². The van der Waals surface area contributed by atoms with Crippen LogP contribution >= 0.6 is 11.8 Å². The maximum Gasteiger partial charge on any atom is 0.320 e. The summed E-state index contributed by atoms with van der Waals surface area (Å²) in [5.41, 5.74) is -1.07. The van der Waals surface area contributed by atoms with Gasteiger partial charge in [0.25, 0.3) is 0 Å². The zero-order valence-corrected chi connectivity index (χ0v) is 12.8. The van der Waals surface area contributed by atoms with Gasteiger partial charge in [-0.3, -0.25) is 9.59 Å². The van der Waals surface area contributed by atoms with Gasteiger partial charge in [0.05, 0.1) is 0 Å². The fourth-order valence-corrected chi connectivity index (χ4v) is 3.06. The van der Waals surface area contributed by atoms with Gasteiger partial charge in [0.15, 0.2) is 5.78 Å². The van der Waals surface area contributed by atoms with E-state index in [9.17, 15) is 9.59 Å². The summed E-state index contributed by atoms with van der Waals surface area (Å²) < 4.78 is 5.04. The molecule has 1 aromatic rings. The smallest absolute Gasteiger partial charge is 0.320 e. The molecule has 1 aliphatic rings. The molecule has 0 aromatic heterocycles. The van der Waals surface area contributed by atoms with Crippen molar-refractivity contribution < 1.29 is 14.3 Å². The van der Waals surface area contributed by atoms with Crippen molar-refractivity contribution in [1.82, 2.24) is 0 Å². The largest absolute Gasteiger partial charge is 0.461 e. The van der Waals surface area contributed by atoms with Gasteiger partial charge in [0, 0.05) is 4.90 Å². The quantitative estimate of drug-likeness (QED) is 0.472. The molecule has 110 valence electrons. The van der Waals surface area contributed by atoms with Crippen molar-refractivity contribution in [2.24, 2.45) is 5.41 Å². The Morgan fingerprint density at radius 3 is 2.76 bits per heavy atom. The second kappa shape index (κ2) is 6.76. The third-order valence-corrected chi connectivity index (χ3v) is 4.57. The summed E-state index contributed by atoms with van der Waals surface area (Å²) in [4.78, 5) is 26.4. The van der Waals surface area contributed by atoms with E-state index in [1.807, 2.05) is 30.3 Å². The van der Waals surface area contributed by atoms with Gasteiger partial charge in [-0.15, -0.1) is 0 Å².